The summed E-state index contributed by atoms with van der Waals surface area (Å²) < 4.78 is 18.0. The van der Waals surface area contributed by atoms with Crippen molar-refractivity contribution in [2.24, 2.45) is 0 Å². The number of ether oxygens (including phenoxy) is 2. The third-order valence-corrected chi connectivity index (χ3v) is 6.68. The number of fused-ring (bicyclic) bond motifs is 1. The minimum atomic E-state index is -1.27. The molecule has 2 aromatic heterocycles. The van der Waals surface area contributed by atoms with Gasteiger partial charge in [-0.05, 0) is 54.8 Å². The highest BCUT2D eigenvalue weighted by atomic mass is 16.5. The van der Waals surface area contributed by atoms with Gasteiger partial charge in [0.1, 0.15) is 12.1 Å². The summed E-state index contributed by atoms with van der Waals surface area (Å²) >= 11 is 0. The number of nitrogens with zero attached hydrogens (tertiary/aromatic N) is 2. The van der Waals surface area contributed by atoms with E-state index in [2.05, 4.69) is 9.88 Å². The molecule has 1 aliphatic rings. The van der Waals surface area contributed by atoms with Crippen molar-refractivity contribution in [2.75, 3.05) is 14.2 Å². The molecule has 1 amide bonds. The number of carbonyl (C=O) groups is 2. The van der Waals surface area contributed by atoms with Crippen LogP contribution >= 0.6 is 0 Å². The molecule has 0 spiro atoms. The van der Waals surface area contributed by atoms with Crippen LogP contribution in [-0.2, 0) is 4.79 Å². The summed E-state index contributed by atoms with van der Waals surface area (Å²) in [5.41, 5.74) is 3.17. The SMILES string of the molecule is COc1ccc(C(NC(=O)c2ccc3c(c2)nc(-c2ccoc2)n3C2CCCC2)C(=O)O)cc1OC. The first kappa shape index (κ1) is 23.5. The van der Waals surface area contributed by atoms with E-state index in [4.69, 9.17) is 18.9 Å². The lowest BCUT2D eigenvalue weighted by atomic mass is 10.1. The lowest BCUT2D eigenvalue weighted by Crippen LogP contribution is -2.33. The molecule has 1 atom stereocenters. The van der Waals surface area contributed by atoms with Crippen molar-refractivity contribution in [1.82, 2.24) is 14.9 Å². The Hall–Kier alpha value is -4.27. The van der Waals surface area contributed by atoms with Gasteiger partial charge in [-0.2, -0.15) is 0 Å². The molecular weight excluding hydrogens is 462 g/mol. The molecule has 0 radical (unpaired) electrons. The van der Waals surface area contributed by atoms with Crippen molar-refractivity contribution in [2.45, 2.75) is 37.8 Å². The van der Waals surface area contributed by atoms with E-state index in [1.54, 1.807) is 42.9 Å². The maximum Gasteiger partial charge on any atom is 0.330 e. The van der Waals surface area contributed by atoms with Crippen molar-refractivity contribution >= 4 is 22.9 Å². The minimum absolute atomic E-state index is 0.323. The molecule has 5 rings (SSSR count). The fourth-order valence-corrected chi connectivity index (χ4v) is 4.90. The van der Waals surface area contributed by atoms with E-state index in [1.165, 1.54) is 27.1 Å². The van der Waals surface area contributed by atoms with Gasteiger partial charge in [0, 0.05) is 11.6 Å². The van der Waals surface area contributed by atoms with Crippen molar-refractivity contribution in [3.8, 4) is 22.9 Å². The van der Waals surface area contributed by atoms with Crippen molar-refractivity contribution in [1.29, 1.82) is 0 Å². The Labute approximate surface area is 207 Å². The molecule has 4 aromatic rings. The van der Waals surface area contributed by atoms with Crippen molar-refractivity contribution in [3.63, 3.8) is 0 Å². The average molecular weight is 490 g/mol. The highest BCUT2D eigenvalue weighted by Gasteiger charge is 2.26. The predicted octanol–water partition coefficient (Wildman–Crippen LogP) is 4.98. The van der Waals surface area contributed by atoms with Crippen LogP contribution in [0.15, 0.2) is 59.4 Å². The van der Waals surface area contributed by atoms with Gasteiger partial charge in [-0.1, -0.05) is 18.9 Å². The summed E-state index contributed by atoms with van der Waals surface area (Å²) in [6, 6.07) is 11.0. The third-order valence-electron chi connectivity index (χ3n) is 6.68. The van der Waals surface area contributed by atoms with Crippen molar-refractivity contribution < 1.29 is 28.6 Å². The van der Waals surface area contributed by atoms with E-state index in [9.17, 15) is 14.7 Å². The smallest absolute Gasteiger partial charge is 0.330 e. The number of benzene rings is 2. The Balaban J connectivity index is 1.48. The zero-order valence-electron chi connectivity index (χ0n) is 20.1. The van der Waals surface area contributed by atoms with Gasteiger partial charge in [0.25, 0.3) is 5.91 Å². The number of carboxylic acid groups (broad SMARTS) is 1. The summed E-state index contributed by atoms with van der Waals surface area (Å²) in [6.45, 7) is 0. The largest absolute Gasteiger partial charge is 0.493 e. The molecule has 9 nitrogen and oxygen atoms in total. The zero-order valence-corrected chi connectivity index (χ0v) is 20.1. The van der Waals surface area contributed by atoms with E-state index < -0.39 is 17.9 Å². The second-order valence-electron chi connectivity index (χ2n) is 8.82. The summed E-state index contributed by atoms with van der Waals surface area (Å²) in [4.78, 5) is 30.0. The molecule has 9 heteroatoms. The molecule has 2 N–H and O–H groups in total. The lowest BCUT2D eigenvalue weighted by molar-refractivity contribution is -0.139. The number of aliphatic carboxylic acids is 1. The number of amides is 1. The first-order chi connectivity index (χ1) is 17.5. The van der Waals surface area contributed by atoms with E-state index >= 15 is 0 Å². The van der Waals surface area contributed by atoms with Crippen LogP contribution in [0, 0.1) is 0 Å². The monoisotopic (exact) mass is 489 g/mol. The highest BCUT2D eigenvalue weighted by Crippen LogP contribution is 2.37. The predicted molar refractivity (Wildman–Crippen MR) is 132 cm³/mol. The van der Waals surface area contributed by atoms with Crippen LogP contribution in [-0.4, -0.2) is 40.8 Å². The Bertz CT molecular complexity index is 1400. The van der Waals surface area contributed by atoms with Crippen LogP contribution in [0.25, 0.3) is 22.4 Å². The van der Waals surface area contributed by atoms with Crippen LogP contribution < -0.4 is 14.8 Å². The Kier molecular flexibility index (Phi) is 6.37. The first-order valence-corrected chi connectivity index (χ1v) is 11.8. The van der Waals surface area contributed by atoms with Crippen LogP contribution in [0.3, 0.4) is 0 Å². The summed E-state index contributed by atoms with van der Waals surface area (Å²) in [5.74, 6) is -0.0599. The zero-order chi connectivity index (χ0) is 25.2. The number of hydrogen-bond donors (Lipinski definition) is 2. The van der Waals surface area contributed by atoms with Gasteiger partial charge in [-0.15, -0.1) is 0 Å². The van der Waals surface area contributed by atoms with Crippen LogP contribution in [0.4, 0.5) is 0 Å². The van der Waals surface area contributed by atoms with Crippen LogP contribution in [0.1, 0.15) is 53.7 Å². The van der Waals surface area contributed by atoms with E-state index in [1.807, 2.05) is 12.1 Å². The maximum atomic E-state index is 13.2. The number of furan rings is 1. The number of methoxy groups -OCH3 is 2. The second kappa shape index (κ2) is 9.77. The molecule has 0 bridgehead atoms. The molecule has 2 heterocycles. The third kappa shape index (κ3) is 4.28. The molecule has 36 heavy (non-hydrogen) atoms. The summed E-state index contributed by atoms with van der Waals surface area (Å²) in [6.07, 6.45) is 7.77. The normalized spacial score (nSPS) is 14.6. The van der Waals surface area contributed by atoms with E-state index in [-0.39, 0.29) is 0 Å². The molecule has 1 fully saturated rings. The molecule has 0 aliphatic heterocycles. The number of carbonyl (C=O) groups excluding carboxylic acids is 1. The van der Waals surface area contributed by atoms with Gasteiger partial charge in [-0.3, -0.25) is 4.79 Å². The summed E-state index contributed by atoms with van der Waals surface area (Å²) in [7, 11) is 2.96. The summed E-state index contributed by atoms with van der Waals surface area (Å²) in [5, 5.41) is 12.5. The lowest BCUT2D eigenvalue weighted by Gasteiger charge is -2.17. The van der Waals surface area contributed by atoms with Gasteiger partial charge in [0.05, 0.1) is 37.1 Å². The fraction of sp³-hybridized carbons (Fsp3) is 0.296. The number of rotatable bonds is 8. The number of carboxylic acids is 1. The van der Waals surface area contributed by atoms with Gasteiger partial charge in [0.2, 0.25) is 0 Å². The number of aromatic nitrogens is 2. The molecule has 1 saturated carbocycles. The van der Waals surface area contributed by atoms with Gasteiger partial charge in [-0.25, -0.2) is 9.78 Å². The topological polar surface area (TPSA) is 116 Å². The van der Waals surface area contributed by atoms with Gasteiger partial charge < -0.3 is 28.9 Å². The molecule has 2 aromatic carbocycles. The number of imidazole rings is 1. The Morgan fingerprint density at radius 2 is 1.86 bits per heavy atom. The van der Waals surface area contributed by atoms with Crippen LogP contribution in [0.2, 0.25) is 0 Å². The Morgan fingerprint density at radius 3 is 2.53 bits per heavy atom. The van der Waals surface area contributed by atoms with E-state index in [0.29, 0.717) is 34.2 Å². The quantitative estimate of drug-likeness (QED) is 0.358. The maximum absolute atomic E-state index is 13.2. The molecular formula is C27H27N3O6. The fourth-order valence-electron chi connectivity index (χ4n) is 4.90. The molecule has 186 valence electrons. The minimum Gasteiger partial charge on any atom is -0.493 e. The standard InChI is InChI=1S/C27H27N3O6/c1-34-22-10-8-16(14-23(22)35-2)24(27(32)33)29-26(31)17-7-9-21-20(13-17)28-25(18-11-12-36-15-18)30(21)19-5-3-4-6-19/h7-15,19,24H,3-6H2,1-2H3,(H,29,31)(H,32,33). The molecule has 1 aliphatic carbocycles. The second-order valence-corrected chi connectivity index (χ2v) is 8.82. The van der Waals surface area contributed by atoms with Crippen LogP contribution in [0.5, 0.6) is 11.5 Å². The van der Waals surface area contributed by atoms with Gasteiger partial charge >= 0.3 is 5.97 Å². The van der Waals surface area contributed by atoms with E-state index in [0.717, 1.165) is 29.7 Å². The average Bonchev–Trinajstić information content (AvgIpc) is 3.66. The molecule has 0 saturated heterocycles. The van der Waals surface area contributed by atoms with Crippen molar-refractivity contribution in [3.05, 3.63) is 66.1 Å². The Morgan fingerprint density at radius 1 is 1.08 bits per heavy atom. The number of hydrogen-bond acceptors (Lipinski definition) is 6. The highest BCUT2D eigenvalue weighted by molar-refractivity contribution is 5.99. The first-order valence-electron chi connectivity index (χ1n) is 11.8. The van der Waals surface area contributed by atoms with Gasteiger partial charge in [0.15, 0.2) is 17.5 Å². The number of nitrogens with one attached hydrogen (secondary N) is 1. The molecule has 1 unspecified atom stereocenters.